The Bertz CT molecular complexity index is 712. The summed E-state index contributed by atoms with van der Waals surface area (Å²) in [7, 11) is 1.40. The van der Waals surface area contributed by atoms with Gasteiger partial charge in [-0.3, -0.25) is 0 Å². The molecule has 1 heterocycles. The molecule has 0 aliphatic heterocycles. The molecule has 0 fully saturated rings. The monoisotopic (exact) mass is 305 g/mol. The second kappa shape index (κ2) is 6.52. The molecule has 0 aliphatic carbocycles. The Labute approximate surface area is 127 Å². The van der Waals surface area contributed by atoms with E-state index in [1.165, 1.54) is 7.11 Å². The normalized spacial score (nSPS) is 10.8. The maximum Gasteiger partial charge on any atom is 0.433 e. The number of alkyl halides is 3. The summed E-state index contributed by atoms with van der Waals surface area (Å²) >= 11 is 0. The third-order valence-corrected chi connectivity index (χ3v) is 2.99. The number of pyridine rings is 1. The summed E-state index contributed by atoms with van der Waals surface area (Å²) in [5.74, 6) is 5.88. The predicted octanol–water partition coefficient (Wildman–Crippen LogP) is 4.07. The van der Waals surface area contributed by atoms with Crippen molar-refractivity contribution in [3.8, 4) is 17.6 Å². The van der Waals surface area contributed by atoms with E-state index in [0.717, 1.165) is 6.07 Å². The van der Waals surface area contributed by atoms with Crippen molar-refractivity contribution in [1.82, 2.24) is 4.98 Å². The maximum atomic E-state index is 12.9. The molecule has 0 saturated heterocycles. The van der Waals surface area contributed by atoms with Crippen LogP contribution < -0.4 is 4.74 Å². The van der Waals surface area contributed by atoms with Crippen LogP contribution in [0.5, 0.6) is 5.75 Å². The minimum Gasteiger partial charge on any atom is -0.494 e. The van der Waals surface area contributed by atoms with Crippen LogP contribution in [-0.2, 0) is 12.6 Å². The summed E-state index contributed by atoms with van der Waals surface area (Å²) in [6.07, 6.45) is -4.19. The standard InChI is InChI=1S/C17H14F3NO/c1-3-14-16(22-2)13(11-15(21-14)17(18,19)20)10-9-12-7-5-4-6-8-12/h4-8,11H,3H2,1-2H3. The minimum absolute atomic E-state index is 0.186. The zero-order valence-corrected chi connectivity index (χ0v) is 12.2. The number of rotatable bonds is 2. The third kappa shape index (κ3) is 3.59. The molecule has 2 aromatic rings. The lowest BCUT2D eigenvalue weighted by atomic mass is 10.1. The van der Waals surface area contributed by atoms with Gasteiger partial charge >= 0.3 is 6.18 Å². The summed E-state index contributed by atoms with van der Waals surface area (Å²) in [4.78, 5) is 3.63. The first-order chi connectivity index (χ1) is 10.5. The molecule has 0 amide bonds. The van der Waals surface area contributed by atoms with Crippen molar-refractivity contribution in [2.24, 2.45) is 0 Å². The Hall–Kier alpha value is -2.48. The lowest BCUT2D eigenvalue weighted by molar-refractivity contribution is -0.141. The SMILES string of the molecule is CCc1nc(C(F)(F)F)cc(C#Cc2ccccc2)c1OC. The van der Waals surface area contributed by atoms with E-state index in [0.29, 0.717) is 17.7 Å². The number of hydrogen-bond donors (Lipinski definition) is 0. The van der Waals surface area contributed by atoms with Crippen LogP contribution in [0.3, 0.4) is 0 Å². The first kappa shape index (κ1) is 15.9. The van der Waals surface area contributed by atoms with E-state index >= 15 is 0 Å². The van der Waals surface area contributed by atoms with E-state index in [1.54, 1.807) is 19.1 Å². The molecule has 2 nitrogen and oxygen atoms in total. The van der Waals surface area contributed by atoms with Gasteiger partial charge in [-0.05, 0) is 24.6 Å². The second-order valence-electron chi connectivity index (χ2n) is 4.50. The molecule has 0 saturated carbocycles. The molecular formula is C17H14F3NO. The van der Waals surface area contributed by atoms with Crippen molar-refractivity contribution in [2.45, 2.75) is 19.5 Å². The Morgan fingerprint density at radius 3 is 2.36 bits per heavy atom. The van der Waals surface area contributed by atoms with Crippen LogP contribution >= 0.6 is 0 Å². The molecule has 0 spiro atoms. The molecule has 0 atom stereocenters. The van der Waals surface area contributed by atoms with Crippen LogP contribution in [0.25, 0.3) is 0 Å². The van der Waals surface area contributed by atoms with Gasteiger partial charge in [0.25, 0.3) is 0 Å². The fourth-order valence-electron chi connectivity index (χ4n) is 1.95. The highest BCUT2D eigenvalue weighted by molar-refractivity contribution is 5.52. The maximum absolute atomic E-state index is 12.9. The Balaban J connectivity index is 2.56. The van der Waals surface area contributed by atoms with Crippen LogP contribution in [0.4, 0.5) is 13.2 Å². The van der Waals surface area contributed by atoms with E-state index in [1.807, 2.05) is 18.2 Å². The van der Waals surface area contributed by atoms with Gasteiger partial charge in [-0.25, -0.2) is 4.98 Å². The number of ether oxygens (including phenoxy) is 1. The van der Waals surface area contributed by atoms with Gasteiger partial charge in [0.1, 0.15) is 5.69 Å². The van der Waals surface area contributed by atoms with Crippen LogP contribution in [0.1, 0.15) is 29.4 Å². The molecule has 114 valence electrons. The van der Waals surface area contributed by atoms with Gasteiger partial charge in [-0.1, -0.05) is 37.0 Å². The smallest absolute Gasteiger partial charge is 0.433 e. The number of benzene rings is 1. The van der Waals surface area contributed by atoms with E-state index in [2.05, 4.69) is 16.8 Å². The molecule has 5 heteroatoms. The van der Waals surface area contributed by atoms with Crippen molar-refractivity contribution in [3.05, 3.63) is 58.9 Å². The van der Waals surface area contributed by atoms with Gasteiger partial charge in [0, 0.05) is 5.56 Å². The highest BCUT2D eigenvalue weighted by Gasteiger charge is 2.34. The number of aromatic nitrogens is 1. The molecule has 0 unspecified atom stereocenters. The van der Waals surface area contributed by atoms with Gasteiger partial charge in [0.15, 0.2) is 5.75 Å². The van der Waals surface area contributed by atoms with Crippen molar-refractivity contribution in [1.29, 1.82) is 0 Å². The number of hydrogen-bond acceptors (Lipinski definition) is 2. The van der Waals surface area contributed by atoms with Gasteiger partial charge in [0.05, 0.1) is 18.4 Å². The van der Waals surface area contributed by atoms with Crippen molar-refractivity contribution >= 4 is 0 Å². The quantitative estimate of drug-likeness (QED) is 0.780. The molecule has 0 radical (unpaired) electrons. The largest absolute Gasteiger partial charge is 0.494 e. The van der Waals surface area contributed by atoms with Crippen molar-refractivity contribution < 1.29 is 17.9 Å². The first-order valence-corrected chi connectivity index (χ1v) is 6.68. The number of methoxy groups -OCH3 is 1. The van der Waals surface area contributed by atoms with E-state index in [4.69, 9.17) is 4.74 Å². The van der Waals surface area contributed by atoms with Crippen LogP contribution in [0.2, 0.25) is 0 Å². The summed E-state index contributed by atoms with van der Waals surface area (Å²) in [5.41, 5.74) is 0.190. The van der Waals surface area contributed by atoms with Crippen molar-refractivity contribution in [3.63, 3.8) is 0 Å². The molecule has 0 N–H and O–H groups in total. The molecule has 2 rings (SSSR count). The summed E-state index contributed by atoms with van der Waals surface area (Å²) in [6, 6.07) is 9.96. The third-order valence-electron chi connectivity index (χ3n) is 2.99. The van der Waals surface area contributed by atoms with E-state index in [-0.39, 0.29) is 11.3 Å². The minimum atomic E-state index is -4.51. The predicted molar refractivity (Wildman–Crippen MR) is 77.6 cm³/mol. The van der Waals surface area contributed by atoms with Gasteiger partial charge in [0.2, 0.25) is 0 Å². The van der Waals surface area contributed by atoms with Crippen LogP contribution in [0, 0.1) is 11.8 Å². The Kier molecular flexibility index (Phi) is 4.71. The Morgan fingerprint density at radius 1 is 1.14 bits per heavy atom. The van der Waals surface area contributed by atoms with Gasteiger partial charge < -0.3 is 4.74 Å². The Morgan fingerprint density at radius 2 is 1.82 bits per heavy atom. The average Bonchev–Trinajstić information content (AvgIpc) is 2.51. The topological polar surface area (TPSA) is 22.1 Å². The van der Waals surface area contributed by atoms with Gasteiger partial charge in [-0.2, -0.15) is 13.2 Å². The molecule has 1 aromatic carbocycles. The number of halogens is 3. The fourth-order valence-corrected chi connectivity index (χ4v) is 1.95. The summed E-state index contributed by atoms with van der Waals surface area (Å²) in [6.45, 7) is 1.72. The average molecular weight is 305 g/mol. The van der Waals surface area contributed by atoms with E-state index in [9.17, 15) is 13.2 Å². The van der Waals surface area contributed by atoms with Crippen molar-refractivity contribution in [2.75, 3.05) is 7.11 Å². The summed E-state index contributed by atoms with van der Waals surface area (Å²) in [5, 5.41) is 0. The first-order valence-electron chi connectivity index (χ1n) is 6.68. The van der Waals surface area contributed by atoms with Crippen LogP contribution in [0.15, 0.2) is 36.4 Å². The molecule has 1 aromatic heterocycles. The van der Waals surface area contributed by atoms with E-state index < -0.39 is 11.9 Å². The molecule has 22 heavy (non-hydrogen) atoms. The molecule has 0 bridgehead atoms. The zero-order chi connectivity index (χ0) is 16.2. The molecular weight excluding hydrogens is 291 g/mol. The summed E-state index contributed by atoms with van der Waals surface area (Å²) < 4.78 is 44.0. The second-order valence-corrected chi connectivity index (χ2v) is 4.50. The lowest BCUT2D eigenvalue weighted by Crippen LogP contribution is -2.11. The number of aryl methyl sites for hydroxylation is 1. The number of nitrogens with zero attached hydrogens (tertiary/aromatic N) is 1. The molecule has 0 aliphatic rings. The highest BCUT2D eigenvalue weighted by Crippen LogP contribution is 2.32. The lowest BCUT2D eigenvalue weighted by Gasteiger charge is -2.13. The fraction of sp³-hybridized carbons (Fsp3) is 0.235. The highest BCUT2D eigenvalue weighted by atomic mass is 19.4. The zero-order valence-electron chi connectivity index (χ0n) is 12.2. The van der Waals surface area contributed by atoms with Gasteiger partial charge in [-0.15, -0.1) is 0 Å². The van der Waals surface area contributed by atoms with Crippen LogP contribution in [-0.4, -0.2) is 12.1 Å².